The van der Waals surface area contributed by atoms with E-state index in [2.05, 4.69) is 15.2 Å². The van der Waals surface area contributed by atoms with Crippen molar-refractivity contribution in [2.24, 2.45) is 0 Å². The lowest BCUT2D eigenvalue weighted by Crippen LogP contribution is -2.37. The third-order valence-corrected chi connectivity index (χ3v) is 5.88. The Morgan fingerprint density at radius 1 is 1.06 bits per heavy atom. The van der Waals surface area contributed by atoms with E-state index in [4.69, 9.17) is 4.74 Å². The number of nitrogens with one attached hydrogen (secondary N) is 1. The van der Waals surface area contributed by atoms with Gasteiger partial charge in [0.1, 0.15) is 11.5 Å². The lowest BCUT2D eigenvalue weighted by Gasteiger charge is -2.26. The smallest absolute Gasteiger partial charge is 0.379 e. The number of halogens is 3. The van der Waals surface area contributed by atoms with Crippen molar-refractivity contribution in [3.63, 3.8) is 0 Å². The van der Waals surface area contributed by atoms with Gasteiger partial charge in [-0.15, -0.1) is 0 Å². The molecule has 9 heteroatoms. The van der Waals surface area contributed by atoms with Crippen molar-refractivity contribution < 1.29 is 22.7 Å². The molecule has 0 aliphatic carbocycles. The average Bonchev–Trinajstić information content (AvgIpc) is 3.16. The second-order valence-electron chi connectivity index (χ2n) is 8.23. The molecule has 4 rings (SSSR count). The number of rotatable bonds is 7. The van der Waals surface area contributed by atoms with Crippen molar-refractivity contribution in [1.29, 1.82) is 0 Å². The van der Waals surface area contributed by atoms with Crippen LogP contribution in [0.3, 0.4) is 0 Å². The number of hydrogen-bond acceptors (Lipinski definition) is 4. The fraction of sp³-hybridized carbons (Fsp3) is 0.360. The Morgan fingerprint density at radius 3 is 2.50 bits per heavy atom. The lowest BCUT2D eigenvalue weighted by atomic mass is 10.2. The second kappa shape index (κ2) is 10.4. The molecular weight excluding hydrogens is 445 g/mol. The number of amides is 1. The summed E-state index contributed by atoms with van der Waals surface area (Å²) in [4.78, 5) is 20.0. The fourth-order valence-corrected chi connectivity index (χ4v) is 4.07. The Hall–Kier alpha value is -3.17. The molecule has 3 aromatic rings. The minimum Gasteiger partial charge on any atom is -0.379 e. The van der Waals surface area contributed by atoms with Gasteiger partial charge in [0.2, 0.25) is 0 Å². The van der Waals surface area contributed by atoms with E-state index >= 15 is 0 Å². The third-order valence-electron chi connectivity index (χ3n) is 5.88. The molecule has 1 saturated heterocycles. The number of anilines is 1. The van der Waals surface area contributed by atoms with Gasteiger partial charge in [0.25, 0.3) is 5.91 Å². The summed E-state index contributed by atoms with van der Waals surface area (Å²) < 4.78 is 46.6. The molecule has 0 atom stereocenters. The SMILES string of the molecule is Cc1c(C(=O)Nc2cccc(C(F)(F)F)c2)nc(-c2ccccc2)n1CCCN1CCOCC1. The van der Waals surface area contributed by atoms with Crippen LogP contribution in [-0.2, 0) is 17.5 Å². The number of aromatic nitrogens is 2. The normalized spacial score (nSPS) is 14.8. The monoisotopic (exact) mass is 472 g/mol. The topological polar surface area (TPSA) is 59.4 Å². The van der Waals surface area contributed by atoms with E-state index in [-0.39, 0.29) is 11.4 Å². The highest BCUT2D eigenvalue weighted by Gasteiger charge is 2.30. The van der Waals surface area contributed by atoms with E-state index in [1.165, 1.54) is 12.1 Å². The molecule has 0 spiro atoms. The average molecular weight is 473 g/mol. The summed E-state index contributed by atoms with van der Waals surface area (Å²) in [5.41, 5.74) is 0.992. The number of hydrogen-bond donors (Lipinski definition) is 1. The van der Waals surface area contributed by atoms with E-state index in [1.54, 1.807) is 0 Å². The van der Waals surface area contributed by atoms with Crippen LogP contribution in [0.5, 0.6) is 0 Å². The van der Waals surface area contributed by atoms with Crippen LogP contribution in [0, 0.1) is 6.92 Å². The maximum atomic E-state index is 13.1. The molecule has 0 unspecified atom stereocenters. The summed E-state index contributed by atoms with van der Waals surface area (Å²) in [5.74, 6) is 0.121. The van der Waals surface area contributed by atoms with Crippen LogP contribution in [0.25, 0.3) is 11.4 Å². The summed E-state index contributed by atoms with van der Waals surface area (Å²) in [5, 5.41) is 2.57. The molecule has 1 fully saturated rings. The number of imidazole rings is 1. The molecule has 0 bridgehead atoms. The van der Waals surface area contributed by atoms with Crippen LogP contribution in [0.2, 0.25) is 0 Å². The predicted octanol–water partition coefficient (Wildman–Crippen LogP) is 4.85. The Morgan fingerprint density at radius 2 is 1.79 bits per heavy atom. The number of alkyl halides is 3. The quantitative estimate of drug-likeness (QED) is 0.534. The van der Waals surface area contributed by atoms with Gasteiger partial charge < -0.3 is 14.6 Å². The second-order valence-corrected chi connectivity index (χ2v) is 8.23. The zero-order valence-electron chi connectivity index (χ0n) is 18.9. The number of carbonyl (C=O) groups is 1. The summed E-state index contributed by atoms with van der Waals surface area (Å²) in [6.45, 7) is 6.66. The van der Waals surface area contributed by atoms with E-state index < -0.39 is 17.6 Å². The molecule has 1 amide bonds. The largest absolute Gasteiger partial charge is 0.416 e. The maximum absolute atomic E-state index is 13.1. The van der Waals surface area contributed by atoms with Crippen LogP contribution in [0.4, 0.5) is 18.9 Å². The maximum Gasteiger partial charge on any atom is 0.416 e. The van der Waals surface area contributed by atoms with E-state index in [9.17, 15) is 18.0 Å². The number of benzene rings is 2. The van der Waals surface area contributed by atoms with Gasteiger partial charge in [0.05, 0.1) is 18.8 Å². The first-order chi connectivity index (χ1) is 16.3. The van der Waals surface area contributed by atoms with Gasteiger partial charge in [-0.05, 0) is 31.5 Å². The first-order valence-corrected chi connectivity index (χ1v) is 11.2. The zero-order valence-corrected chi connectivity index (χ0v) is 18.9. The van der Waals surface area contributed by atoms with Crippen molar-refractivity contribution >= 4 is 11.6 Å². The molecule has 0 radical (unpaired) electrons. The lowest BCUT2D eigenvalue weighted by molar-refractivity contribution is -0.137. The summed E-state index contributed by atoms with van der Waals surface area (Å²) >= 11 is 0. The molecule has 2 heterocycles. The summed E-state index contributed by atoms with van der Waals surface area (Å²) in [6, 6.07) is 14.2. The Balaban J connectivity index is 1.56. The highest BCUT2D eigenvalue weighted by molar-refractivity contribution is 6.04. The van der Waals surface area contributed by atoms with Gasteiger partial charge in [0.15, 0.2) is 0 Å². The van der Waals surface area contributed by atoms with Crippen molar-refractivity contribution in [2.75, 3.05) is 38.2 Å². The van der Waals surface area contributed by atoms with Gasteiger partial charge >= 0.3 is 6.18 Å². The Labute approximate surface area is 196 Å². The van der Waals surface area contributed by atoms with Crippen LogP contribution < -0.4 is 5.32 Å². The van der Waals surface area contributed by atoms with E-state index in [0.29, 0.717) is 18.1 Å². The minimum atomic E-state index is -4.49. The van der Waals surface area contributed by atoms with Crippen molar-refractivity contribution in [2.45, 2.75) is 26.1 Å². The molecule has 1 aromatic heterocycles. The third kappa shape index (κ3) is 5.66. The number of ether oxygens (including phenoxy) is 1. The number of nitrogens with zero attached hydrogens (tertiary/aromatic N) is 3. The van der Waals surface area contributed by atoms with Crippen molar-refractivity contribution in [3.05, 3.63) is 71.5 Å². The van der Waals surface area contributed by atoms with Gasteiger partial charge in [-0.3, -0.25) is 9.69 Å². The van der Waals surface area contributed by atoms with Crippen LogP contribution in [0.1, 0.15) is 28.2 Å². The minimum absolute atomic E-state index is 0.0716. The van der Waals surface area contributed by atoms with Crippen molar-refractivity contribution in [3.8, 4) is 11.4 Å². The molecule has 1 aliphatic heterocycles. The standard InChI is InChI=1S/C25H27F3N4O2/c1-18-22(24(33)29-21-10-5-9-20(17-21)25(26,27)28)30-23(19-7-3-2-4-8-19)32(18)12-6-11-31-13-15-34-16-14-31/h2-5,7-10,17H,6,11-16H2,1H3,(H,29,33). The van der Waals surface area contributed by atoms with Crippen LogP contribution >= 0.6 is 0 Å². The summed E-state index contributed by atoms with van der Waals surface area (Å²) in [6.07, 6.45) is -3.62. The zero-order chi connectivity index (χ0) is 24.1. The molecule has 0 saturated carbocycles. The summed E-state index contributed by atoms with van der Waals surface area (Å²) in [7, 11) is 0. The Kier molecular flexibility index (Phi) is 7.33. The van der Waals surface area contributed by atoms with E-state index in [0.717, 1.165) is 57.0 Å². The fourth-order valence-electron chi connectivity index (χ4n) is 4.07. The predicted molar refractivity (Wildman–Crippen MR) is 124 cm³/mol. The van der Waals surface area contributed by atoms with Gasteiger partial charge in [-0.25, -0.2) is 4.98 Å². The number of morpholine rings is 1. The van der Waals surface area contributed by atoms with E-state index in [1.807, 2.05) is 41.8 Å². The molecule has 6 nitrogen and oxygen atoms in total. The van der Waals surface area contributed by atoms with Crippen LogP contribution in [-0.4, -0.2) is 53.2 Å². The number of carbonyl (C=O) groups excluding carboxylic acids is 1. The van der Waals surface area contributed by atoms with Crippen LogP contribution in [0.15, 0.2) is 54.6 Å². The Bertz CT molecular complexity index is 1120. The molecular formula is C25H27F3N4O2. The molecule has 2 aromatic carbocycles. The highest BCUT2D eigenvalue weighted by Crippen LogP contribution is 2.31. The first kappa shape index (κ1) is 24.0. The molecule has 34 heavy (non-hydrogen) atoms. The highest BCUT2D eigenvalue weighted by atomic mass is 19.4. The van der Waals surface area contributed by atoms with Crippen molar-refractivity contribution in [1.82, 2.24) is 14.5 Å². The first-order valence-electron chi connectivity index (χ1n) is 11.2. The van der Waals surface area contributed by atoms with Gasteiger partial charge in [-0.2, -0.15) is 13.2 Å². The molecule has 1 N–H and O–H groups in total. The van der Waals surface area contributed by atoms with Gasteiger partial charge in [0, 0.05) is 43.1 Å². The molecule has 180 valence electrons. The van der Waals surface area contributed by atoms with Gasteiger partial charge in [-0.1, -0.05) is 36.4 Å². The molecule has 1 aliphatic rings.